The van der Waals surface area contributed by atoms with E-state index in [2.05, 4.69) is 10.3 Å². The number of carbonyl (C=O) groups is 2. The van der Waals surface area contributed by atoms with Gasteiger partial charge < -0.3 is 5.32 Å². The molecule has 0 aliphatic rings. The molecule has 1 amide bonds. The minimum absolute atomic E-state index is 0.0908. The number of ketones is 1. The fourth-order valence-corrected chi connectivity index (χ4v) is 2.70. The number of halogens is 1. The second-order valence-electron chi connectivity index (χ2n) is 5.03. The van der Waals surface area contributed by atoms with Crippen LogP contribution < -0.4 is 5.32 Å². The lowest BCUT2D eigenvalue weighted by Gasteiger charge is -2.13. The predicted octanol–water partition coefficient (Wildman–Crippen LogP) is 3.39. The molecule has 0 aliphatic heterocycles. The van der Waals surface area contributed by atoms with Gasteiger partial charge in [-0.15, -0.1) is 11.8 Å². The lowest BCUT2D eigenvalue weighted by Crippen LogP contribution is -2.28. The molecule has 0 bridgehead atoms. The summed E-state index contributed by atoms with van der Waals surface area (Å²) in [6.45, 7) is 3.22. The Balaban J connectivity index is 1.91. The normalized spacial score (nSPS) is 11.8. The van der Waals surface area contributed by atoms with Crippen molar-refractivity contribution in [1.82, 2.24) is 10.3 Å². The van der Waals surface area contributed by atoms with Gasteiger partial charge in [-0.1, -0.05) is 12.1 Å². The topological polar surface area (TPSA) is 59.1 Å². The Labute approximate surface area is 138 Å². The van der Waals surface area contributed by atoms with E-state index in [-0.39, 0.29) is 23.5 Å². The molecular formula is C17H17FN2O2S. The molecule has 0 spiro atoms. The van der Waals surface area contributed by atoms with E-state index < -0.39 is 5.82 Å². The number of hydrogen-bond acceptors (Lipinski definition) is 4. The Morgan fingerprint density at radius 1 is 1.30 bits per heavy atom. The summed E-state index contributed by atoms with van der Waals surface area (Å²) in [5.41, 5.74) is 1.09. The molecular weight excluding hydrogens is 315 g/mol. The molecule has 1 atom stereocenters. The van der Waals surface area contributed by atoms with Crippen molar-refractivity contribution in [2.45, 2.75) is 24.8 Å². The number of hydrogen-bond donors (Lipinski definition) is 1. The lowest BCUT2D eigenvalue weighted by molar-refractivity contribution is -0.119. The molecule has 0 saturated heterocycles. The standard InChI is InChI=1S/C17H17FN2O2S/c1-11(15-5-3-4-8-19-15)20-17(22)10-23-16-7-6-13(12(2)21)9-14(16)18/h3-9,11H,10H2,1-2H3,(H,20,22). The van der Waals surface area contributed by atoms with Crippen molar-refractivity contribution in [2.75, 3.05) is 5.75 Å². The Bertz CT molecular complexity index is 707. The van der Waals surface area contributed by atoms with Gasteiger partial charge in [0.2, 0.25) is 5.91 Å². The molecule has 2 rings (SSSR count). The number of amides is 1. The Morgan fingerprint density at radius 2 is 2.09 bits per heavy atom. The first-order valence-corrected chi connectivity index (χ1v) is 8.09. The highest BCUT2D eigenvalue weighted by atomic mass is 32.2. The number of carbonyl (C=O) groups excluding carboxylic acids is 2. The third-order valence-corrected chi connectivity index (χ3v) is 4.25. The number of aromatic nitrogens is 1. The number of Topliss-reactive ketones (excluding diaryl/α,β-unsaturated/α-hetero) is 1. The van der Waals surface area contributed by atoms with Crippen LogP contribution in [0.15, 0.2) is 47.5 Å². The second-order valence-corrected chi connectivity index (χ2v) is 6.05. The summed E-state index contributed by atoms with van der Waals surface area (Å²) in [5.74, 6) is -0.799. The highest BCUT2D eigenvalue weighted by molar-refractivity contribution is 8.00. The second kappa shape index (κ2) is 7.87. The van der Waals surface area contributed by atoms with Gasteiger partial charge in [-0.25, -0.2) is 4.39 Å². The Hall–Kier alpha value is -2.21. The van der Waals surface area contributed by atoms with Gasteiger partial charge in [0.25, 0.3) is 0 Å². The van der Waals surface area contributed by atoms with E-state index in [0.717, 1.165) is 17.5 Å². The van der Waals surface area contributed by atoms with Gasteiger partial charge in [-0.05, 0) is 38.1 Å². The van der Waals surface area contributed by atoms with E-state index in [1.165, 1.54) is 19.1 Å². The van der Waals surface area contributed by atoms with Crippen molar-refractivity contribution in [2.24, 2.45) is 0 Å². The van der Waals surface area contributed by atoms with Crippen LogP contribution in [0.25, 0.3) is 0 Å². The first kappa shape index (κ1) is 17.1. The minimum atomic E-state index is -0.492. The number of nitrogens with one attached hydrogen (secondary N) is 1. The van der Waals surface area contributed by atoms with E-state index in [0.29, 0.717) is 10.5 Å². The van der Waals surface area contributed by atoms with Crippen LogP contribution in [0, 0.1) is 5.82 Å². The highest BCUT2D eigenvalue weighted by Gasteiger charge is 2.12. The molecule has 1 N–H and O–H groups in total. The van der Waals surface area contributed by atoms with Crippen LogP contribution in [-0.4, -0.2) is 22.4 Å². The van der Waals surface area contributed by atoms with Crippen LogP contribution in [0.5, 0.6) is 0 Å². The van der Waals surface area contributed by atoms with Crippen molar-refractivity contribution in [1.29, 1.82) is 0 Å². The van der Waals surface area contributed by atoms with E-state index >= 15 is 0 Å². The molecule has 1 heterocycles. The van der Waals surface area contributed by atoms with Crippen molar-refractivity contribution >= 4 is 23.5 Å². The Morgan fingerprint density at radius 3 is 2.70 bits per heavy atom. The van der Waals surface area contributed by atoms with E-state index in [1.807, 2.05) is 19.1 Å². The van der Waals surface area contributed by atoms with Crippen molar-refractivity contribution in [3.63, 3.8) is 0 Å². The first-order valence-electron chi connectivity index (χ1n) is 7.11. The van der Waals surface area contributed by atoms with Gasteiger partial charge in [-0.3, -0.25) is 14.6 Å². The van der Waals surface area contributed by atoms with Crippen molar-refractivity contribution in [3.8, 4) is 0 Å². The number of rotatable bonds is 6. The van der Waals surface area contributed by atoms with Crippen LogP contribution in [-0.2, 0) is 4.79 Å². The van der Waals surface area contributed by atoms with E-state index in [9.17, 15) is 14.0 Å². The van der Waals surface area contributed by atoms with Crippen LogP contribution in [0.3, 0.4) is 0 Å². The number of nitrogens with zero attached hydrogens (tertiary/aromatic N) is 1. The monoisotopic (exact) mass is 332 g/mol. The smallest absolute Gasteiger partial charge is 0.230 e. The van der Waals surface area contributed by atoms with Crippen molar-refractivity contribution < 1.29 is 14.0 Å². The van der Waals surface area contributed by atoms with Crippen LogP contribution >= 0.6 is 11.8 Å². The van der Waals surface area contributed by atoms with Crippen LogP contribution in [0.2, 0.25) is 0 Å². The molecule has 6 heteroatoms. The van der Waals surface area contributed by atoms with E-state index in [4.69, 9.17) is 0 Å². The van der Waals surface area contributed by atoms with Gasteiger partial charge in [0.15, 0.2) is 5.78 Å². The lowest BCUT2D eigenvalue weighted by atomic mass is 10.1. The average Bonchev–Trinajstić information content (AvgIpc) is 2.54. The maximum Gasteiger partial charge on any atom is 0.230 e. The summed E-state index contributed by atoms with van der Waals surface area (Å²) < 4.78 is 13.9. The third kappa shape index (κ3) is 4.89. The highest BCUT2D eigenvalue weighted by Crippen LogP contribution is 2.23. The zero-order chi connectivity index (χ0) is 16.8. The quantitative estimate of drug-likeness (QED) is 0.651. The first-order chi connectivity index (χ1) is 11.0. The fraction of sp³-hybridized carbons (Fsp3) is 0.235. The summed E-state index contributed by atoms with van der Waals surface area (Å²) in [7, 11) is 0. The molecule has 0 aliphatic carbocycles. The summed E-state index contributed by atoms with van der Waals surface area (Å²) in [6.07, 6.45) is 1.67. The van der Waals surface area contributed by atoms with Gasteiger partial charge in [0.05, 0.1) is 17.5 Å². The SMILES string of the molecule is CC(=O)c1ccc(SCC(=O)NC(C)c2ccccn2)c(F)c1. The van der Waals surface area contributed by atoms with Gasteiger partial charge in [-0.2, -0.15) is 0 Å². The molecule has 4 nitrogen and oxygen atoms in total. The predicted molar refractivity (Wildman–Crippen MR) is 87.9 cm³/mol. The number of thioether (sulfide) groups is 1. The maximum atomic E-state index is 13.9. The molecule has 2 aromatic rings. The van der Waals surface area contributed by atoms with E-state index in [1.54, 1.807) is 18.3 Å². The summed E-state index contributed by atoms with van der Waals surface area (Å²) in [4.78, 5) is 27.7. The third-order valence-electron chi connectivity index (χ3n) is 3.21. The molecule has 0 fully saturated rings. The molecule has 1 unspecified atom stereocenters. The zero-order valence-electron chi connectivity index (χ0n) is 12.9. The summed E-state index contributed by atoms with van der Waals surface area (Å²) >= 11 is 1.09. The summed E-state index contributed by atoms with van der Waals surface area (Å²) in [5, 5.41) is 2.82. The fourth-order valence-electron chi connectivity index (χ4n) is 1.97. The van der Waals surface area contributed by atoms with Crippen molar-refractivity contribution in [3.05, 3.63) is 59.7 Å². The van der Waals surface area contributed by atoms with Crippen LogP contribution in [0.4, 0.5) is 4.39 Å². The Kier molecular flexibility index (Phi) is 5.87. The van der Waals surface area contributed by atoms with Gasteiger partial charge in [0.1, 0.15) is 5.82 Å². The number of benzene rings is 1. The number of pyridine rings is 1. The van der Waals surface area contributed by atoms with Crippen LogP contribution in [0.1, 0.15) is 35.9 Å². The molecule has 23 heavy (non-hydrogen) atoms. The molecule has 1 aromatic heterocycles. The summed E-state index contributed by atoms with van der Waals surface area (Å²) in [6, 6.07) is 9.55. The molecule has 1 aromatic carbocycles. The maximum absolute atomic E-state index is 13.9. The minimum Gasteiger partial charge on any atom is -0.347 e. The largest absolute Gasteiger partial charge is 0.347 e. The van der Waals surface area contributed by atoms with Gasteiger partial charge >= 0.3 is 0 Å². The van der Waals surface area contributed by atoms with Gasteiger partial charge in [0, 0.05) is 16.7 Å². The molecule has 0 saturated carbocycles. The average molecular weight is 332 g/mol. The molecule has 0 radical (unpaired) electrons. The zero-order valence-corrected chi connectivity index (χ0v) is 13.7. The molecule has 120 valence electrons.